The van der Waals surface area contributed by atoms with Gasteiger partial charge in [-0.2, -0.15) is 5.10 Å². The van der Waals surface area contributed by atoms with Crippen LogP contribution in [-0.4, -0.2) is 94.3 Å². The lowest BCUT2D eigenvalue weighted by molar-refractivity contribution is 0.154. The lowest BCUT2D eigenvalue weighted by Gasteiger charge is -2.35. The van der Waals surface area contributed by atoms with Crippen molar-refractivity contribution < 1.29 is 4.74 Å². The molecular formula is C31H37N11O. The number of nitrogens with two attached hydrogens (primary N) is 1. The largest absolute Gasteiger partial charge is 0.492 e. The highest BCUT2D eigenvalue weighted by Gasteiger charge is 2.18. The van der Waals surface area contributed by atoms with Gasteiger partial charge in [-0.15, -0.1) is 5.10 Å². The molecule has 0 radical (unpaired) electrons. The number of aliphatic imine (C=N–C) groups is 1. The van der Waals surface area contributed by atoms with Gasteiger partial charge in [0.25, 0.3) is 0 Å². The average Bonchev–Trinajstić information content (AvgIpc) is 3.47. The minimum absolute atomic E-state index is 0.604. The number of nitrogens with zero attached hydrogens (tertiary/aromatic N) is 9. The van der Waals surface area contributed by atoms with Crippen molar-refractivity contribution in [3.8, 4) is 17.1 Å². The monoisotopic (exact) mass is 579 g/mol. The van der Waals surface area contributed by atoms with Gasteiger partial charge in [-0.05, 0) is 24.1 Å². The maximum absolute atomic E-state index is 6.07. The van der Waals surface area contributed by atoms with Crippen LogP contribution in [0.15, 0.2) is 82.6 Å². The fourth-order valence-electron chi connectivity index (χ4n) is 4.95. The highest BCUT2D eigenvalue weighted by Crippen LogP contribution is 2.23. The van der Waals surface area contributed by atoms with Crippen molar-refractivity contribution in [2.75, 3.05) is 51.7 Å². The van der Waals surface area contributed by atoms with Gasteiger partial charge in [-0.3, -0.25) is 14.3 Å². The number of ether oxygens (including phenoxy) is 1. The molecule has 1 saturated heterocycles. The van der Waals surface area contributed by atoms with Gasteiger partial charge in [-0.25, -0.2) is 15.0 Å². The zero-order chi connectivity index (χ0) is 30.0. The molecule has 0 bridgehead atoms. The molecule has 3 N–H and O–H groups in total. The topological polar surface area (TPSA) is 134 Å². The van der Waals surface area contributed by atoms with E-state index in [0.717, 1.165) is 83.9 Å². The zero-order valence-electron chi connectivity index (χ0n) is 24.6. The SMILES string of the molecule is C=N/N=C(/C)N1CCN(CCOc2ccn3c(-c4cc(NCc5ccc(C(C=NC)=CN)cc5)ncn4)cnc3c2)CC1. The van der Waals surface area contributed by atoms with Crippen LogP contribution in [0.25, 0.3) is 22.6 Å². The number of nitrogens with one attached hydrogen (secondary N) is 1. The molecule has 12 heteroatoms. The van der Waals surface area contributed by atoms with Crippen LogP contribution in [0.3, 0.4) is 0 Å². The molecule has 4 aromatic rings. The van der Waals surface area contributed by atoms with Crippen molar-refractivity contribution in [1.82, 2.24) is 29.2 Å². The van der Waals surface area contributed by atoms with Crippen molar-refractivity contribution in [1.29, 1.82) is 0 Å². The minimum atomic E-state index is 0.604. The summed E-state index contributed by atoms with van der Waals surface area (Å²) in [7, 11) is 1.73. The summed E-state index contributed by atoms with van der Waals surface area (Å²) >= 11 is 0. The summed E-state index contributed by atoms with van der Waals surface area (Å²) in [4.78, 5) is 22.2. The highest BCUT2D eigenvalue weighted by atomic mass is 16.5. The maximum Gasteiger partial charge on any atom is 0.140 e. The van der Waals surface area contributed by atoms with Gasteiger partial charge in [0.1, 0.15) is 36.0 Å². The van der Waals surface area contributed by atoms with Crippen LogP contribution in [0.1, 0.15) is 18.1 Å². The van der Waals surface area contributed by atoms with Crippen molar-refractivity contribution in [3.05, 3.63) is 78.5 Å². The van der Waals surface area contributed by atoms with Crippen molar-refractivity contribution in [2.24, 2.45) is 20.9 Å². The number of imidazole rings is 1. The van der Waals surface area contributed by atoms with Crippen molar-refractivity contribution >= 4 is 35.8 Å². The Balaban J connectivity index is 1.16. The number of fused-ring (bicyclic) bond motifs is 1. The first-order valence-electron chi connectivity index (χ1n) is 14.1. The van der Waals surface area contributed by atoms with E-state index in [1.165, 1.54) is 0 Å². The van der Waals surface area contributed by atoms with Gasteiger partial charge in [0.2, 0.25) is 0 Å². The summed E-state index contributed by atoms with van der Waals surface area (Å²) in [6, 6.07) is 14.0. The summed E-state index contributed by atoms with van der Waals surface area (Å²) in [5.41, 5.74) is 11.2. The third-order valence-electron chi connectivity index (χ3n) is 7.34. The summed E-state index contributed by atoms with van der Waals surface area (Å²) < 4.78 is 8.07. The Hall–Kier alpha value is -5.10. The Morgan fingerprint density at radius 1 is 1.09 bits per heavy atom. The Bertz CT molecular complexity index is 1620. The molecule has 4 heterocycles. The number of anilines is 1. The quantitative estimate of drug-likeness (QED) is 0.157. The van der Waals surface area contributed by atoms with Gasteiger partial charge in [0.15, 0.2) is 0 Å². The highest BCUT2D eigenvalue weighted by molar-refractivity contribution is 6.09. The van der Waals surface area contributed by atoms with Gasteiger partial charge in [0.05, 0.1) is 17.6 Å². The predicted molar refractivity (Wildman–Crippen MR) is 173 cm³/mol. The first-order valence-corrected chi connectivity index (χ1v) is 14.1. The van der Waals surface area contributed by atoms with E-state index >= 15 is 0 Å². The van der Waals surface area contributed by atoms with Crippen LogP contribution in [0, 0.1) is 0 Å². The lowest BCUT2D eigenvalue weighted by atomic mass is 10.1. The summed E-state index contributed by atoms with van der Waals surface area (Å²) in [6.45, 7) is 11.2. The van der Waals surface area contributed by atoms with E-state index in [1.807, 2.05) is 54.0 Å². The van der Waals surface area contributed by atoms with E-state index in [4.69, 9.17) is 10.5 Å². The number of amidine groups is 1. The van der Waals surface area contributed by atoms with Gasteiger partial charge in [0, 0.05) is 89.4 Å². The summed E-state index contributed by atoms with van der Waals surface area (Å²) in [5.74, 6) is 2.42. The molecule has 0 spiro atoms. The minimum Gasteiger partial charge on any atom is -0.492 e. The smallest absolute Gasteiger partial charge is 0.140 e. The Kier molecular flexibility index (Phi) is 9.70. The lowest BCUT2D eigenvalue weighted by Crippen LogP contribution is -2.48. The predicted octanol–water partition coefficient (Wildman–Crippen LogP) is 3.43. The van der Waals surface area contributed by atoms with Crippen LogP contribution < -0.4 is 15.8 Å². The summed E-state index contributed by atoms with van der Waals surface area (Å²) in [5, 5.41) is 11.1. The third-order valence-corrected chi connectivity index (χ3v) is 7.34. The molecule has 43 heavy (non-hydrogen) atoms. The molecule has 12 nitrogen and oxygen atoms in total. The second kappa shape index (κ2) is 14.2. The van der Waals surface area contributed by atoms with Crippen LogP contribution >= 0.6 is 0 Å². The van der Waals surface area contributed by atoms with E-state index in [2.05, 4.69) is 64.1 Å². The average molecular weight is 580 g/mol. The number of piperazine rings is 1. The molecule has 222 valence electrons. The molecule has 0 unspecified atom stereocenters. The second-order valence-electron chi connectivity index (χ2n) is 10.0. The number of allylic oxidation sites excluding steroid dienone is 1. The van der Waals surface area contributed by atoms with Gasteiger partial charge < -0.3 is 20.7 Å². The third kappa shape index (κ3) is 7.41. The molecule has 3 aromatic heterocycles. The maximum atomic E-state index is 6.07. The van der Waals surface area contributed by atoms with Crippen LogP contribution in [0.4, 0.5) is 5.82 Å². The molecule has 1 aliphatic heterocycles. The number of pyridine rings is 1. The van der Waals surface area contributed by atoms with Crippen LogP contribution in [0.5, 0.6) is 5.75 Å². The number of hydrogen-bond donors (Lipinski definition) is 2. The molecule has 0 atom stereocenters. The molecule has 1 aliphatic rings. The second-order valence-corrected chi connectivity index (χ2v) is 10.0. The van der Waals surface area contributed by atoms with Gasteiger partial charge >= 0.3 is 0 Å². The number of rotatable bonds is 11. The molecule has 5 rings (SSSR count). The van der Waals surface area contributed by atoms with E-state index in [-0.39, 0.29) is 0 Å². The molecule has 0 amide bonds. The van der Waals surface area contributed by atoms with Crippen molar-refractivity contribution in [2.45, 2.75) is 13.5 Å². The van der Waals surface area contributed by atoms with E-state index < -0.39 is 0 Å². The molecule has 1 aromatic carbocycles. The Morgan fingerprint density at radius 3 is 2.65 bits per heavy atom. The summed E-state index contributed by atoms with van der Waals surface area (Å²) in [6.07, 6.45) is 8.65. The van der Waals surface area contributed by atoms with Crippen molar-refractivity contribution in [3.63, 3.8) is 0 Å². The van der Waals surface area contributed by atoms with E-state index in [9.17, 15) is 0 Å². The molecular weight excluding hydrogens is 542 g/mol. The normalized spacial score (nSPS) is 14.9. The molecule has 0 aliphatic carbocycles. The zero-order valence-corrected chi connectivity index (χ0v) is 24.6. The first kappa shape index (κ1) is 29.4. The van der Waals surface area contributed by atoms with Crippen LogP contribution in [0.2, 0.25) is 0 Å². The fraction of sp³-hybridized carbons (Fsp3) is 0.290. The standard InChI is InChI=1S/C31H37N11O/c1-23(39-34-3)41-12-10-40(11-13-41)14-15-43-27-8-9-42-29(21-36-31(42)16-27)28-17-30(38-22-37-28)35-19-24-4-6-25(7-5-24)26(18-32)20-33-2/h4-9,16-18,20-22H,3,10-15,19,32H2,1-2H3,(H,35,37,38)/b26-18?,33-20?,39-23-. The number of aromatic nitrogens is 4. The van der Waals surface area contributed by atoms with Gasteiger partial charge in [-0.1, -0.05) is 24.3 Å². The molecule has 0 saturated carbocycles. The van der Waals surface area contributed by atoms with E-state index in [1.54, 1.807) is 25.8 Å². The van der Waals surface area contributed by atoms with E-state index in [0.29, 0.717) is 13.2 Å². The number of benzene rings is 1. The Morgan fingerprint density at radius 2 is 1.91 bits per heavy atom. The first-order chi connectivity index (χ1) is 21.1. The molecule has 1 fully saturated rings. The van der Waals surface area contributed by atoms with Crippen LogP contribution in [-0.2, 0) is 6.54 Å². The Labute approximate surface area is 251 Å². The fourth-order valence-corrected chi connectivity index (χ4v) is 4.95. The number of hydrogen-bond acceptors (Lipinski definition) is 10.